The van der Waals surface area contributed by atoms with E-state index in [9.17, 15) is 4.79 Å². The molecule has 26 heavy (non-hydrogen) atoms. The van der Waals surface area contributed by atoms with Crippen molar-refractivity contribution in [3.8, 4) is 17.2 Å². The van der Waals surface area contributed by atoms with Crippen LogP contribution in [0.1, 0.15) is 21.7 Å². The molecule has 5 heteroatoms. The SMILES string of the molecule is COc1cc(NC(=O)c2ccc(-n3c(C)ccc3C)cc2)cc(OC)c1. The maximum atomic E-state index is 12.5. The summed E-state index contributed by atoms with van der Waals surface area (Å²) in [6.07, 6.45) is 0. The highest BCUT2D eigenvalue weighted by Gasteiger charge is 2.10. The molecule has 134 valence electrons. The standard InChI is InChI=1S/C21H22N2O3/c1-14-5-6-15(2)23(14)18-9-7-16(8-10-18)21(24)22-17-11-19(25-3)13-20(12-17)26-4/h5-13H,1-4H3,(H,22,24). The summed E-state index contributed by atoms with van der Waals surface area (Å²) >= 11 is 0. The Hall–Kier alpha value is -3.21. The first-order chi connectivity index (χ1) is 12.5. The van der Waals surface area contributed by atoms with Crippen molar-refractivity contribution in [1.29, 1.82) is 0 Å². The number of methoxy groups -OCH3 is 2. The van der Waals surface area contributed by atoms with E-state index in [4.69, 9.17) is 9.47 Å². The summed E-state index contributed by atoms with van der Waals surface area (Å²) in [6, 6.07) is 16.9. The van der Waals surface area contributed by atoms with Gasteiger partial charge in [0.25, 0.3) is 5.91 Å². The average molecular weight is 350 g/mol. The minimum atomic E-state index is -0.187. The molecule has 1 N–H and O–H groups in total. The van der Waals surface area contributed by atoms with E-state index in [1.165, 1.54) is 0 Å². The van der Waals surface area contributed by atoms with E-state index in [-0.39, 0.29) is 5.91 Å². The summed E-state index contributed by atoms with van der Waals surface area (Å²) in [5, 5.41) is 2.88. The van der Waals surface area contributed by atoms with E-state index in [0.29, 0.717) is 22.7 Å². The molecule has 0 radical (unpaired) electrons. The third-order valence-electron chi connectivity index (χ3n) is 4.27. The number of nitrogens with zero attached hydrogens (tertiary/aromatic N) is 1. The molecule has 0 aliphatic carbocycles. The second-order valence-corrected chi connectivity index (χ2v) is 6.05. The number of amides is 1. The van der Waals surface area contributed by atoms with E-state index in [0.717, 1.165) is 17.1 Å². The molecule has 1 heterocycles. The summed E-state index contributed by atoms with van der Waals surface area (Å²) in [5.41, 5.74) is 4.54. The first-order valence-electron chi connectivity index (χ1n) is 8.31. The van der Waals surface area contributed by atoms with Gasteiger partial charge in [0.2, 0.25) is 0 Å². The Morgan fingerprint density at radius 3 is 1.88 bits per heavy atom. The number of aromatic nitrogens is 1. The highest BCUT2D eigenvalue weighted by Crippen LogP contribution is 2.26. The third kappa shape index (κ3) is 3.57. The number of anilines is 1. The average Bonchev–Trinajstić information content (AvgIpc) is 2.99. The van der Waals surface area contributed by atoms with Gasteiger partial charge in [-0.15, -0.1) is 0 Å². The van der Waals surface area contributed by atoms with Crippen molar-refractivity contribution in [2.45, 2.75) is 13.8 Å². The van der Waals surface area contributed by atoms with Crippen LogP contribution in [0.15, 0.2) is 54.6 Å². The van der Waals surface area contributed by atoms with Gasteiger partial charge in [-0.3, -0.25) is 4.79 Å². The summed E-state index contributed by atoms with van der Waals surface area (Å²) in [6.45, 7) is 4.12. The van der Waals surface area contributed by atoms with Gasteiger partial charge in [-0.2, -0.15) is 0 Å². The number of benzene rings is 2. The van der Waals surface area contributed by atoms with E-state index in [2.05, 4.69) is 35.9 Å². The Balaban J connectivity index is 1.81. The molecule has 0 unspecified atom stereocenters. The first-order valence-corrected chi connectivity index (χ1v) is 8.31. The Labute approximate surface area is 153 Å². The Morgan fingerprint density at radius 1 is 0.846 bits per heavy atom. The van der Waals surface area contributed by atoms with Crippen molar-refractivity contribution in [2.75, 3.05) is 19.5 Å². The summed E-state index contributed by atoms with van der Waals surface area (Å²) in [5.74, 6) is 1.05. The van der Waals surface area contributed by atoms with Crippen LogP contribution in [-0.2, 0) is 0 Å². The van der Waals surface area contributed by atoms with Crippen molar-refractivity contribution >= 4 is 11.6 Å². The van der Waals surface area contributed by atoms with Crippen LogP contribution >= 0.6 is 0 Å². The number of nitrogens with one attached hydrogen (secondary N) is 1. The van der Waals surface area contributed by atoms with Gasteiger partial charge >= 0.3 is 0 Å². The number of hydrogen-bond acceptors (Lipinski definition) is 3. The molecule has 0 saturated carbocycles. The number of rotatable bonds is 5. The largest absolute Gasteiger partial charge is 0.497 e. The Bertz CT molecular complexity index is 885. The van der Waals surface area contributed by atoms with E-state index >= 15 is 0 Å². The fourth-order valence-corrected chi connectivity index (χ4v) is 2.92. The molecule has 1 amide bonds. The van der Waals surface area contributed by atoms with Gasteiger partial charge in [0.1, 0.15) is 11.5 Å². The molecular formula is C21H22N2O3. The molecule has 0 aliphatic heterocycles. The van der Waals surface area contributed by atoms with E-state index < -0.39 is 0 Å². The number of hydrogen-bond donors (Lipinski definition) is 1. The second-order valence-electron chi connectivity index (χ2n) is 6.05. The Morgan fingerprint density at radius 2 is 1.38 bits per heavy atom. The van der Waals surface area contributed by atoms with E-state index in [1.54, 1.807) is 32.4 Å². The van der Waals surface area contributed by atoms with Crippen molar-refractivity contribution < 1.29 is 14.3 Å². The van der Waals surface area contributed by atoms with Crippen LogP contribution in [0, 0.1) is 13.8 Å². The van der Waals surface area contributed by atoms with Gasteiger partial charge < -0.3 is 19.4 Å². The van der Waals surface area contributed by atoms with Crippen molar-refractivity contribution in [3.63, 3.8) is 0 Å². The van der Waals surface area contributed by atoms with Crippen molar-refractivity contribution in [3.05, 3.63) is 71.5 Å². The second kappa shape index (κ2) is 7.35. The highest BCUT2D eigenvalue weighted by molar-refractivity contribution is 6.04. The minimum Gasteiger partial charge on any atom is -0.497 e. The quantitative estimate of drug-likeness (QED) is 0.744. The maximum Gasteiger partial charge on any atom is 0.255 e. The molecule has 0 spiro atoms. The number of ether oxygens (including phenoxy) is 2. The van der Waals surface area contributed by atoms with Crippen LogP contribution in [0.4, 0.5) is 5.69 Å². The van der Waals surface area contributed by atoms with Crippen LogP contribution in [0.3, 0.4) is 0 Å². The van der Waals surface area contributed by atoms with Gasteiger partial charge in [0, 0.05) is 46.5 Å². The van der Waals surface area contributed by atoms with Gasteiger partial charge in [-0.1, -0.05) is 0 Å². The number of aryl methyl sites for hydroxylation is 2. The molecule has 0 bridgehead atoms. The molecule has 3 rings (SSSR count). The molecule has 1 aromatic heterocycles. The molecule has 0 fully saturated rings. The fraction of sp³-hybridized carbons (Fsp3) is 0.190. The van der Waals surface area contributed by atoms with E-state index in [1.807, 2.05) is 24.3 Å². The summed E-state index contributed by atoms with van der Waals surface area (Å²) in [4.78, 5) is 12.5. The molecular weight excluding hydrogens is 328 g/mol. The van der Waals surface area contributed by atoms with Crippen molar-refractivity contribution in [2.24, 2.45) is 0 Å². The zero-order valence-electron chi connectivity index (χ0n) is 15.4. The lowest BCUT2D eigenvalue weighted by atomic mass is 10.1. The summed E-state index contributed by atoms with van der Waals surface area (Å²) < 4.78 is 12.6. The first kappa shape index (κ1) is 17.6. The molecule has 0 aliphatic rings. The van der Waals surface area contributed by atoms with Gasteiger partial charge in [0.15, 0.2) is 0 Å². The van der Waals surface area contributed by atoms with Gasteiger partial charge in [0.05, 0.1) is 14.2 Å². The van der Waals surface area contributed by atoms with Crippen LogP contribution in [0.5, 0.6) is 11.5 Å². The molecule has 5 nitrogen and oxygen atoms in total. The predicted octanol–water partition coefficient (Wildman–Crippen LogP) is 4.36. The topological polar surface area (TPSA) is 52.5 Å². The summed E-state index contributed by atoms with van der Waals surface area (Å²) in [7, 11) is 3.15. The lowest BCUT2D eigenvalue weighted by molar-refractivity contribution is 0.102. The van der Waals surface area contributed by atoms with Gasteiger partial charge in [-0.25, -0.2) is 0 Å². The van der Waals surface area contributed by atoms with Crippen molar-refractivity contribution in [1.82, 2.24) is 4.57 Å². The smallest absolute Gasteiger partial charge is 0.255 e. The lowest BCUT2D eigenvalue weighted by Gasteiger charge is -2.12. The monoisotopic (exact) mass is 350 g/mol. The number of carbonyl (C=O) groups is 1. The zero-order valence-corrected chi connectivity index (χ0v) is 15.4. The van der Waals surface area contributed by atoms with Crippen LogP contribution in [-0.4, -0.2) is 24.7 Å². The fourth-order valence-electron chi connectivity index (χ4n) is 2.92. The molecule has 2 aromatic carbocycles. The predicted molar refractivity (Wildman–Crippen MR) is 103 cm³/mol. The molecule has 0 saturated heterocycles. The highest BCUT2D eigenvalue weighted by atomic mass is 16.5. The normalized spacial score (nSPS) is 10.5. The number of carbonyl (C=O) groups excluding carboxylic acids is 1. The molecule has 3 aromatic rings. The zero-order chi connectivity index (χ0) is 18.7. The minimum absolute atomic E-state index is 0.187. The molecule has 0 atom stereocenters. The van der Waals surface area contributed by atoms with Gasteiger partial charge in [-0.05, 0) is 50.2 Å². The van der Waals surface area contributed by atoms with Crippen LogP contribution in [0.25, 0.3) is 5.69 Å². The lowest BCUT2D eigenvalue weighted by Crippen LogP contribution is -2.12. The maximum absolute atomic E-state index is 12.5. The third-order valence-corrected chi connectivity index (χ3v) is 4.27. The van der Waals surface area contributed by atoms with Crippen LogP contribution < -0.4 is 14.8 Å². The Kier molecular flexibility index (Phi) is 4.98. The van der Waals surface area contributed by atoms with Crippen LogP contribution in [0.2, 0.25) is 0 Å².